The van der Waals surface area contributed by atoms with E-state index in [1.54, 1.807) is 0 Å². The van der Waals surface area contributed by atoms with Crippen LogP contribution in [0.5, 0.6) is 0 Å². The SMILES string of the molecule is COC(=O)[C@H]1N[C@@H](c2ccc3ccccc3c2)[C@H]2C(=O)O[C@@H](O[C@@H]3C[C@H](C)CC[C@H]3C(C)C)[C@H]21. The minimum Gasteiger partial charge on any atom is -0.468 e. The minimum absolute atomic E-state index is 0.0123. The van der Waals surface area contributed by atoms with Crippen LogP contribution in [-0.4, -0.2) is 37.5 Å². The third-order valence-corrected chi connectivity index (χ3v) is 8.19. The second kappa shape index (κ2) is 9.31. The van der Waals surface area contributed by atoms with Crippen LogP contribution in [-0.2, 0) is 23.8 Å². The van der Waals surface area contributed by atoms with E-state index in [9.17, 15) is 9.59 Å². The van der Waals surface area contributed by atoms with Gasteiger partial charge < -0.3 is 14.2 Å². The Kier molecular flexibility index (Phi) is 6.38. The van der Waals surface area contributed by atoms with E-state index in [2.05, 4.69) is 50.4 Å². The summed E-state index contributed by atoms with van der Waals surface area (Å²) >= 11 is 0. The normalized spacial score (nSPS) is 35.4. The Morgan fingerprint density at radius 2 is 1.88 bits per heavy atom. The molecule has 0 aromatic heterocycles. The summed E-state index contributed by atoms with van der Waals surface area (Å²) in [7, 11) is 1.38. The molecular formula is C28H35NO5. The summed E-state index contributed by atoms with van der Waals surface area (Å²) in [6.45, 7) is 6.70. The average molecular weight is 466 g/mol. The van der Waals surface area contributed by atoms with Crippen LogP contribution in [0.3, 0.4) is 0 Å². The van der Waals surface area contributed by atoms with Gasteiger partial charge in [0.25, 0.3) is 0 Å². The fourth-order valence-electron chi connectivity index (χ4n) is 6.35. The number of esters is 2. The van der Waals surface area contributed by atoms with Crippen molar-refractivity contribution in [1.82, 2.24) is 5.32 Å². The van der Waals surface area contributed by atoms with E-state index >= 15 is 0 Å². The summed E-state index contributed by atoms with van der Waals surface area (Å²) in [6.07, 6.45) is 2.50. The second-order valence-electron chi connectivity index (χ2n) is 10.7. The van der Waals surface area contributed by atoms with Crippen molar-refractivity contribution in [3.05, 3.63) is 48.0 Å². The lowest BCUT2D eigenvalue weighted by atomic mass is 9.75. The lowest BCUT2D eigenvalue weighted by Crippen LogP contribution is -2.45. The number of fused-ring (bicyclic) bond motifs is 2. The number of rotatable bonds is 5. The number of hydrogen-bond acceptors (Lipinski definition) is 6. The first kappa shape index (κ1) is 23.3. The molecule has 6 nitrogen and oxygen atoms in total. The molecule has 1 aliphatic carbocycles. The number of benzene rings is 2. The van der Waals surface area contributed by atoms with Gasteiger partial charge in [-0.3, -0.25) is 14.9 Å². The monoisotopic (exact) mass is 465 g/mol. The number of hydrogen-bond donors (Lipinski definition) is 1. The molecule has 3 fully saturated rings. The Bertz CT molecular complexity index is 1070. The minimum atomic E-state index is -0.754. The maximum Gasteiger partial charge on any atom is 0.323 e. The summed E-state index contributed by atoms with van der Waals surface area (Å²) in [5.41, 5.74) is 0.962. The number of methoxy groups -OCH3 is 1. The summed E-state index contributed by atoms with van der Waals surface area (Å²) in [5, 5.41) is 5.63. The van der Waals surface area contributed by atoms with Crippen LogP contribution >= 0.6 is 0 Å². The molecule has 2 aromatic carbocycles. The van der Waals surface area contributed by atoms with Crippen molar-refractivity contribution in [1.29, 1.82) is 0 Å². The van der Waals surface area contributed by atoms with Gasteiger partial charge in [-0.2, -0.15) is 0 Å². The zero-order valence-corrected chi connectivity index (χ0v) is 20.4. The van der Waals surface area contributed by atoms with Gasteiger partial charge in [0.05, 0.1) is 25.0 Å². The lowest BCUT2D eigenvalue weighted by Gasteiger charge is -2.39. The highest BCUT2D eigenvalue weighted by Crippen LogP contribution is 2.48. The van der Waals surface area contributed by atoms with Crippen LogP contribution in [0.15, 0.2) is 42.5 Å². The van der Waals surface area contributed by atoms with Gasteiger partial charge in [0.1, 0.15) is 6.04 Å². The average Bonchev–Trinajstić information content (AvgIpc) is 3.37. The first-order valence-corrected chi connectivity index (χ1v) is 12.6. The molecule has 2 aromatic rings. The number of carbonyl (C=O) groups is 2. The van der Waals surface area contributed by atoms with E-state index in [1.807, 2.05) is 18.2 Å². The Morgan fingerprint density at radius 3 is 2.62 bits per heavy atom. The van der Waals surface area contributed by atoms with Gasteiger partial charge in [-0.15, -0.1) is 0 Å². The summed E-state index contributed by atoms with van der Waals surface area (Å²) in [6, 6.07) is 13.3. The standard InChI is InChI=1S/C28H35NO5/c1-15(2)20-12-9-16(3)13-21(20)33-28-23-22(26(30)34-28)24(29-25(23)27(31)32-4)19-11-10-17-7-5-6-8-18(17)14-19/h5-8,10-11,14-16,20-25,28-29H,9,12-13H2,1-4H3/t16-,20+,21-,22+,23-,24+,25+,28-/m1/s1. The van der Waals surface area contributed by atoms with E-state index < -0.39 is 24.2 Å². The number of ether oxygens (including phenoxy) is 3. The molecule has 6 heteroatoms. The van der Waals surface area contributed by atoms with Gasteiger partial charge in [0.15, 0.2) is 0 Å². The van der Waals surface area contributed by atoms with Crippen molar-refractivity contribution in [3.8, 4) is 0 Å². The molecule has 0 unspecified atom stereocenters. The number of carbonyl (C=O) groups excluding carboxylic acids is 2. The van der Waals surface area contributed by atoms with Crippen LogP contribution in [0.4, 0.5) is 0 Å². The van der Waals surface area contributed by atoms with Crippen molar-refractivity contribution in [2.45, 2.75) is 64.5 Å². The van der Waals surface area contributed by atoms with Gasteiger partial charge in [0.2, 0.25) is 6.29 Å². The quantitative estimate of drug-likeness (QED) is 0.650. The molecule has 8 atom stereocenters. The molecule has 34 heavy (non-hydrogen) atoms. The van der Waals surface area contributed by atoms with E-state index in [0.717, 1.165) is 29.2 Å². The molecule has 182 valence electrons. The Balaban J connectivity index is 1.45. The Morgan fingerprint density at radius 1 is 1.12 bits per heavy atom. The fourth-order valence-corrected chi connectivity index (χ4v) is 6.35. The van der Waals surface area contributed by atoms with Gasteiger partial charge in [-0.05, 0) is 53.0 Å². The van der Waals surface area contributed by atoms with Crippen molar-refractivity contribution >= 4 is 22.7 Å². The Hall–Kier alpha value is -2.44. The highest BCUT2D eigenvalue weighted by molar-refractivity contribution is 5.85. The summed E-state index contributed by atoms with van der Waals surface area (Å²) in [4.78, 5) is 26.0. The van der Waals surface area contributed by atoms with E-state index in [4.69, 9.17) is 14.2 Å². The predicted octanol–water partition coefficient (Wildman–Crippen LogP) is 4.62. The van der Waals surface area contributed by atoms with Crippen LogP contribution in [0.25, 0.3) is 10.8 Å². The zero-order chi connectivity index (χ0) is 24.0. The highest BCUT2D eigenvalue weighted by Gasteiger charge is 2.61. The molecule has 1 saturated carbocycles. The maximum absolute atomic E-state index is 13.2. The first-order valence-electron chi connectivity index (χ1n) is 12.6. The molecule has 2 aliphatic heterocycles. The molecule has 2 heterocycles. The molecule has 0 spiro atoms. The molecule has 2 saturated heterocycles. The van der Waals surface area contributed by atoms with Crippen LogP contribution in [0.2, 0.25) is 0 Å². The maximum atomic E-state index is 13.2. The van der Waals surface area contributed by atoms with Gasteiger partial charge in [-0.25, -0.2) is 0 Å². The summed E-state index contributed by atoms with van der Waals surface area (Å²) < 4.78 is 17.5. The summed E-state index contributed by atoms with van der Waals surface area (Å²) in [5.74, 6) is -0.170. The van der Waals surface area contributed by atoms with E-state index in [-0.39, 0.29) is 24.1 Å². The van der Waals surface area contributed by atoms with Gasteiger partial charge >= 0.3 is 11.9 Å². The molecule has 1 N–H and O–H groups in total. The van der Waals surface area contributed by atoms with Crippen molar-refractivity contribution in [2.75, 3.05) is 7.11 Å². The van der Waals surface area contributed by atoms with Crippen molar-refractivity contribution in [3.63, 3.8) is 0 Å². The molecule has 5 rings (SSSR count). The topological polar surface area (TPSA) is 73.9 Å². The van der Waals surface area contributed by atoms with Crippen molar-refractivity contribution in [2.24, 2.45) is 29.6 Å². The van der Waals surface area contributed by atoms with Crippen LogP contribution in [0, 0.1) is 29.6 Å². The predicted molar refractivity (Wildman–Crippen MR) is 129 cm³/mol. The highest BCUT2D eigenvalue weighted by atomic mass is 16.7. The fraction of sp³-hybridized carbons (Fsp3) is 0.571. The molecule has 0 amide bonds. The number of nitrogens with one attached hydrogen (secondary N) is 1. The van der Waals surface area contributed by atoms with Gasteiger partial charge in [0, 0.05) is 6.04 Å². The molecule has 0 radical (unpaired) electrons. The molecular weight excluding hydrogens is 430 g/mol. The van der Waals surface area contributed by atoms with Gasteiger partial charge in [-0.1, -0.05) is 63.6 Å². The smallest absolute Gasteiger partial charge is 0.323 e. The third-order valence-electron chi connectivity index (χ3n) is 8.19. The lowest BCUT2D eigenvalue weighted by molar-refractivity contribution is -0.199. The molecule has 3 aliphatic rings. The zero-order valence-electron chi connectivity index (χ0n) is 20.4. The van der Waals surface area contributed by atoms with Crippen molar-refractivity contribution < 1.29 is 23.8 Å². The van der Waals surface area contributed by atoms with E-state index in [0.29, 0.717) is 17.8 Å². The largest absolute Gasteiger partial charge is 0.468 e. The van der Waals surface area contributed by atoms with Crippen LogP contribution < -0.4 is 5.32 Å². The first-order chi connectivity index (χ1) is 16.4. The number of cyclic esters (lactones) is 1. The van der Waals surface area contributed by atoms with E-state index in [1.165, 1.54) is 13.5 Å². The Labute approximate surface area is 201 Å². The molecule has 0 bridgehead atoms. The van der Waals surface area contributed by atoms with Crippen LogP contribution in [0.1, 0.15) is 51.6 Å². The third kappa shape index (κ3) is 4.11. The second-order valence-corrected chi connectivity index (χ2v) is 10.7.